The smallest absolute Gasteiger partial charge is 0.307 e. The molecule has 6 heteroatoms. The maximum atomic E-state index is 10.9. The Kier molecular flexibility index (Phi) is 4.82. The van der Waals surface area contributed by atoms with Crippen LogP contribution in [0.4, 0.5) is 0 Å². The highest BCUT2D eigenvalue weighted by atomic mass is 35.5. The van der Waals surface area contributed by atoms with Crippen molar-refractivity contribution in [3.63, 3.8) is 0 Å². The van der Waals surface area contributed by atoms with E-state index in [0.29, 0.717) is 36.8 Å². The summed E-state index contributed by atoms with van der Waals surface area (Å²) in [6.07, 6.45) is -0.146. The van der Waals surface area contributed by atoms with Crippen LogP contribution in [0.25, 0.3) is 11.1 Å². The summed E-state index contributed by atoms with van der Waals surface area (Å²) in [5.74, 6) is -0.946. The molecule has 0 bridgehead atoms. The molecular weight excluding hydrogens is 342 g/mol. The molecule has 0 aliphatic rings. The van der Waals surface area contributed by atoms with Crippen LogP contribution in [0.2, 0.25) is 20.1 Å². The van der Waals surface area contributed by atoms with Gasteiger partial charge in [0, 0.05) is 15.6 Å². The Morgan fingerprint density at radius 1 is 0.950 bits per heavy atom. The second-order valence-electron chi connectivity index (χ2n) is 4.12. The van der Waals surface area contributed by atoms with Crippen molar-refractivity contribution in [3.05, 3.63) is 56.0 Å². The molecule has 0 fully saturated rings. The highest BCUT2D eigenvalue weighted by molar-refractivity contribution is 6.45. The molecule has 0 aliphatic carbocycles. The minimum atomic E-state index is -0.946. The number of hydrogen-bond acceptors (Lipinski definition) is 1. The fourth-order valence-electron chi connectivity index (χ4n) is 1.87. The van der Waals surface area contributed by atoms with E-state index in [2.05, 4.69) is 0 Å². The van der Waals surface area contributed by atoms with Crippen LogP contribution in [0.3, 0.4) is 0 Å². The number of halogens is 4. The maximum Gasteiger partial charge on any atom is 0.307 e. The zero-order valence-corrected chi connectivity index (χ0v) is 13.0. The molecule has 2 rings (SSSR count). The van der Waals surface area contributed by atoms with Crippen molar-refractivity contribution in [3.8, 4) is 11.1 Å². The Bertz CT molecular complexity index is 683. The van der Waals surface area contributed by atoms with Crippen molar-refractivity contribution in [2.45, 2.75) is 6.42 Å². The van der Waals surface area contributed by atoms with Gasteiger partial charge in [-0.1, -0.05) is 52.5 Å². The highest BCUT2D eigenvalue weighted by Crippen LogP contribution is 2.38. The average molecular weight is 350 g/mol. The molecule has 0 unspecified atom stereocenters. The van der Waals surface area contributed by atoms with Crippen molar-refractivity contribution in [2.24, 2.45) is 0 Å². The molecule has 0 saturated heterocycles. The van der Waals surface area contributed by atoms with Gasteiger partial charge in [0.1, 0.15) is 0 Å². The van der Waals surface area contributed by atoms with Gasteiger partial charge in [0.15, 0.2) is 0 Å². The van der Waals surface area contributed by atoms with Gasteiger partial charge in [-0.25, -0.2) is 0 Å². The van der Waals surface area contributed by atoms with E-state index < -0.39 is 5.97 Å². The summed E-state index contributed by atoms with van der Waals surface area (Å²) < 4.78 is 0. The first-order chi connectivity index (χ1) is 9.38. The van der Waals surface area contributed by atoms with Crippen LogP contribution in [0.15, 0.2) is 30.3 Å². The first kappa shape index (κ1) is 15.5. The van der Waals surface area contributed by atoms with E-state index >= 15 is 0 Å². The molecule has 104 valence electrons. The third-order valence-corrected chi connectivity index (χ3v) is 3.95. The van der Waals surface area contributed by atoms with Crippen molar-refractivity contribution >= 4 is 52.4 Å². The summed E-state index contributed by atoms with van der Waals surface area (Å²) in [6.45, 7) is 0. The third kappa shape index (κ3) is 3.39. The molecule has 0 spiro atoms. The minimum Gasteiger partial charge on any atom is -0.481 e. The topological polar surface area (TPSA) is 37.3 Å². The SMILES string of the molecule is O=C(O)Cc1ccc(Cl)cc1-c1cc(Cl)cc(Cl)c1Cl. The normalized spacial score (nSPS) is 10.6. The molecule has 2 nitrogen and oxygen atoms in total. The molecule has 1 N–H and O–H groups in total. The predicted octanol–water partition coefficient (Wildman–Crippen LogP) is 5.59. The van der Waals surface area contributed by atoms with Crippen molar-refractivity contribution in [2.75, 3.05) is 0 Å². The van der Waals surface area contributed by atoms with Gasteiger partial charge < -0.3 is 5.11 Å². The fraction of sp³-hybridized carbons (Fsp3) is 0.0714. The Hall–Kier alpha value is -0.930. The van der Waals surface area contributed by atoms with Gasteiger partial charge in [-0.3, -0.25) is 4.79 Å². The minimum absolute atomic E-state index is 0.146. The van der Waals surface area contributed by atoms with Crippen LogP contribution in [-0.2, 0) is 11.2 Å². The lowest BCUT2D eigenvalue weighted by Gasteiger charge is -2.12. The van der Waals surface area contributed by atoms with E-state index in [0.717, 1.165) is 0 Å². The molecule has 0 atom stereocenters. The summed E-state index contributed by atoms with van der Waals surface area (Å²) in [5, 5.41) is 10.5. The van der Waals surface area contributed by atoms with E-state index in [1.54, 1.807) is 24.3 Å². The van der Waals surface area contributed by atoms with E-state index in [9.17, 15) is 4.79 Å². The quantitative estimate of drug-likeness (QED) is 0.733. The van der Waals surface area contributed by atoms with Crippen LogP contribution in [-0.4, -0.2) is 11.1 Å². The summed E-state index contributed by atoms with van der Waals surface area (Å²) in [6, 6.07) is 8.08. The van der Waals surface area contributed by atoms with Crippen LogP contribution in [0.5, 0.6) is 0 Å². The van der Waals surface area contributed by atoms with Gasteiger partial charge in [0.25, 0.3) is 0 Å². The lowest BCUT2D eigenvalue weighted by Crippen LogP contribution is -2.02. The second-order valence-corrected chi connectivity index (χ2v) is 5.78. The lowest BCUT2D eigenvalue weighted by molar-refractivity contribution is -0.136. The van der Waals surface area contributed by atoms with Crippen LogP contribution in [0, 0.1) is 0 Å². The predicted molar refractivity (Wildman–Crippen MR) is 83.3 cm³/mol. The number of hydrogen-bond donors (Lipinski definition) is 1. The molecular formula is C14H8Cl4O2. The fourth-order valence-corrected chi connectivity index (χ4v) is 2.74. The van der Waals surface area contributed by atoms with Gasteiger partial charge in [0.2, 0.25) is 0 Å². The zero-order chi connectivity index (χ0) is 14.9. The standard InChI is InChI=1S/C14H8Cl4O2/c15-8-2-1-7(3-13(19)20)10(4-8)11-5-9(16)6-12(17)14(11)18/h1-2,4-6H,3H2,(H,19,20). The van der Waals surface area contributed by atoms with E-state index in [1.807, 2.05) is 0 Å². The molecule has 0 saturated carbocycles. The molecule has 20 heavy (non-hydrogen) atoms. The molecule has 2 aromatic carbocycles. The number of carboxylic acids is 1. The molecule has 0 radical (unpaired) electrons. The Labute approximate surface area is 135 Å². The third-order valence-electron chi connectivity index (χ3n) is 2.70. The first-order valence-corrected chi connectivity index (χ1v) is 7.05. The van der Waals surface area contributed by atoms with Gasteiger partial charge in [-0.15, -0.1) is 0 Å². The van der Waals surface area contributed by atoms with E-state index in [1.165, 1.54) is 6.07 Å². The second kappa shape index (κ2) is 6.23. The Balaban J connectivity index is 2.68. The van der Waals surface area contributed by atoms with E-state index in [-0.39, 0.29) is 6.42 Å². The number of rotatable bonds is 3. The van der Waals surface area contributed by atoms with Crippen LogP contribution in [0.1, 0.15) is 5.56 Å². The zero-order valence-electron chi connectivity index (χ0n) is 9.96. The molecule has 0 aromatic heterocycles. The average Bonchev–Trinajstić information content (AvgIpc) is 2.35. The van der Waals surface area contributed by atoms with Crippen molar-refractivity contribution in [1.82, 2.24) is 0 Å². The van der Waals surface area contributed by atoms with Gasteiger partial charge in [0.05, 0.1) is 16.5 Å². The highest BCUT2D eigenvalue weighted by Gasteiger charge is 2.15. The van der Waals surface area contributed by atoms with Crippen LogP contribution >= 0.6 is 46.4 Å². The van der Waals surface area contributed by atoms with Crippen molar-refractivity contribution in [1.29, 1.82) is 0 Å². The molecule has 0 aliphatic heterocycles. The molecule has 0 amide bonds. The number of carboxylic acid groups (broad SMARTS) is 1. The summed E-state index contributed by atoms with van der Waals surface area (Å²) in [5.41, 5.74) is 1.75. The van der Waals surface area contributed by atoms with Crippen LogP contribution < -0.4 is 0 Å². The number of carbonyl (C=O) groups is 1. The summed E-state index contributed by atoms with van der Waals surface area (Å²) in [4.78, 5) is 10.9. The maximum absolute atomic E-state index is 10.9. The first-order valence-electron chi connectivity index (χ1n) is 5.53. The monoisotopic (exact) mass is 348 g/mol. The Morgan fingerprint density at radius 2 is 1.60 bits per heavy atom. The van der Waals surface area contributed by atoms with Gasteiger partial charge in [-0.05, 0) is 35.4 Å². The van der Waals surface area contributed by atoms with Gasteiger partial charge >= 0.3 is 5.97 Å². The molecule has 0 heterocycles. The number of aliphatic carboxylic acids is 1. The van der Waals surface area contributed by atoms with E-state index in [4.69, 9.17) is 51.5 Å². The van der Waals surface area contributed by atoms with Gasteiger partial charge in [-0.2, -0.15) is 0 Å². The Morgan fingerprint density at radius 3 is 2.25 bits per heavy atom. The summed E-state index contributed by atoms with van der Waals surface area (Å²) >= 11 is 24.1. The molecule has 2 aromatic rings. The lowest BCUT2D eigenvalue weighted by atomic mass is 9.97. The largest absolute Gasteiger partial charge is 0.481 e. The van der Waals surface area contributed by atoms with Crippen molar-refractivity contribution < 1.29 is 9.90 Å². The number of benzene rings is 2. The summed E-state index contributed by atoms with van der Waals surface area (Å²) in [7, 11) is 0.